The van der Waals surface area contributed by atoms with Crippen LogP contribution in [0.3, 0.4) is 0 Å². The van der Waals surface area contributed by atoms with Gasteiger partial charge in [-0.2, -0.15) is 4.98 Å². The largest absolute Gasteiger partial charge is 0.339 e. The molecule has 1 saturated heterocycles. The molecule has 84 valence electrons. The monoisotopic (exact) mass is 210 g/mol. The van der Waals surface area contributed by atoms with E-state index >= 15 is 0 Å². The van der Waals surface area contributed by atoms with Gasteiger partial charge in [-0.3, -0.25) is 0 Å². The van der Waals surface area contributed by atoms with E-state index in [0.29, 0.717) is 11.7 Å². The van der Waals surface area contributed by atoms with E-state index < -0.39 is 5.54 Å². The van der Waals surface area contributed by atoms with Crippen molar-refractivity contribution in [1.29, 1.82) is 0 Å². The fourth-order valence-corrected chi connectivity index (χ4v) is 1.99. The predicted molar refractivity (Wildman–Crippen MR) is 56.3 cm³/mol. The third kappa shape index (κ3) is 2.03. The highest BCUT2D eigenvalue weighted by atomic mass is 16.5. The van der Waals surface area contributed by atoms with Crippen LogP contribution in [0.1, 0.15) is 31.5 Å². The molecule has 1 aliphatic heterocycles. The average Bonchev–Trinajstić information content (AvgIpc) is 2.75. The van der Waals surface area contributed by atoms with E-state index in [-0.39, 0.29) is 0 Å². The van der Waals surface area contributed by atoms with Gasteiger partial charge in [0.25, 0.3) is 0 Å². The van der Waals surface area contributed by atoms with Crippen LogP contribution in [0, 0.1) is 0 Å². The van der Waals surface area contributed by atoms with Crippen molar-refractivity contribution in [3.8, 4) is 0 Å². The molecule has 1 fully saturated rings. The fraction of sp³-hybridized carbons (Fsp3) is 0.800. The number of likely N-dealkylation sites (tertiary alicyclic amines) is 1. The lowest BCUT2D eigenvalue weighted by Gasteiger charge is -2.18. The average molecular weight is 210 g/mol. The van der Waals surface area contributed by atoms with Gasteiger partial charge in [0, 0.05) is 19.5 Å². The summed E-state index contributed by atoms with van der Waals surface area (Å²) in [5.74, 6) is 1.36. The zero-order valence-electron chi connectivity index (χ0n) is 9.36. The van der Waals surface area contributed by atoms with Crippen LogP contribution in [0.15, 0.2) is 4.52 Å². The maximum atomic E-state index is 6.25. The minimum Gasteiger partial charge on any atom is -0.339 e. The lowest BCUT2D eigenvalue weighted by molar-refractivity contribution is 0.335. The van der Waals surface area contributed by atoms with Gasteiger partial charge in [0.2, 0.25) is 5.89 Å². The molecule has 2 heterocycles. The van der Waals surface area contributed by atoms with E-state index in [1.54, 1.807) is 0 Å². The Bertz CT molecular complexity index is 338. The van der Waals surface area contributed by atoms with Crippen molar-refractivity contribution in [3.63, 3.8) is 0 Å². The first kappa shape index (κ1) is 10.6. The first-order valence-electron chi connectivity index (χ1n) is 5.44. The molecule has 0 saturated carbocycles. The van der Waals surface area contributed by atoms with Crippen LogP contribution in [-0.2, 0) is 12.0 Å². The molecule has 1 aromatic rings. The lowest BCUT2D eigenvalue weighted by atomic mass is 10.00. The Labute approximate surface area is 89.6 Å². The van der Waals surface area contributed by atoms with Crippen LogP contribution in [0.5, 0.6) is 0 Å². The number of hydrogen-bond acceptors (Lipinski definition) is 5. The Morgan fingerprint density at radius 2 is 2.40 bits per heavy atom. The molecule has 0 aromatic carbocycles. The number of aryl methyl sites for hydroxylation is 1. The minimum atomic E-state index is -0.412. The Hall–Kier alpha value is -0.940. The van der Waals surface area contributed by atoms with Crippen LogP contribution in [0.2, 0.25) is 0 Å². The summed E-state index contributed by atoms with van der Waals surface area (Å²) in [6.45, 7) is 3.89. The molecule has 5 nitrogen and oxygen atoms in total. The molecule has 15 heavy (non-hydrogen) atoms. The van der Waals surface area contributed by atoms with Gasteiger partial charge in [-0.05, 0) is 19.9 Å². The Morgan fingerprint density at radius 3 is 3.00 bits per heavy atom. The van der Waals surface area contributed by atoms with E-state index in [9.17, 15) is 0 Å². The second-order valence-corrected chi connectivity index (χ2v) is 4.41. The predicted octanol–water partition coefficient (Wildman–Crippen LogP) is 0.512. The van der Waals surface area contributed by atoms with Crippen molar-refractivity contribution >= 4 is 0 Å². The highest BCUT2D eigenvalue weighted by Gasteiger charge is 2.38. The SMILES string of the molecule is CCCc1nc(C2(N)CCN(C)C2)no1. The zero-order valence-corrected chi connectivity index (χ0v) is 9.36. The summed E-state index contributed by atoms with van der Waals surface area (Å²) < 4.78 is 5.16. The van der Waals surface area contributed by atoms with Crippen molar-refractivity contribution in [2.75, 3.05) is 20.1 Å². The topological polar surface area (TPSA) is 68.2 Å². The molecule has 1 aliphatic rings. The summed E-state index contributed by atoms with van der Waals surface area (Å²) in [4.78, 5) is 6.55. The van der Waals surface area contributed by atoms with Gasteiger partial charge in [-0.15, -0.1) is 0 Å². The van der Waals surface area contributed by atoms with Crippen molar-refractivity contribution in [2.24, 2.45) is 5.73 Å². The smallest absolute Gasteiger partial charge is 0.226 e. The van der Waals surface area contributed by atoms with E-state index in [1.165, 1.54) is 0 Å². The highest BCUT2D eigenvalue weighted by molar-refractivity contribution is 5.08. The Kier molecular flexibility index (Phi) is 2.75. The second-order valence-electron chi connectivity index (χ2n) is 4.41. The molecule has 1 atom stereocenters. The standard InChI is InChI=1S/C10H18N4O/c1-3-4-8-12-9(13-15-8)10(11)5-6-14(2)7-10/h3-7,11H2,1-2H3. The maximum Gasteiger partial charge on any atom is 0.226 e. The van der Waals surface area contributed by atoms with E-state index in [2.05, 4.69) is 29.0 Å². The first-order valence-corrected chi connectivity index (χ1v) is 5.44. The molecule has 1 unspecified atom stereocenters. The third-order valence-electron chi connectivity index (χ3n) is 2.87. The maximum absolute atomic E-state index is 6.25. The normalized spacial score (nSPS) is 27.4. The molecule has 5 heteroatoms. The summed E-state index contributed by atoms with van der Waals surface area (Å²) in [5, 5.41) is 3.99. The quantitative estimate of drug-likeness (QED) is 0.787. The summed E-state index contributed by atoms with van der Waals surface area (Å²) >= 11 is 0. The Balaban J connectivity index is 2.14. The van der Waals surface area contributed by atoms with E-state index in [1.807, 2.05) is 0 Å². The van der Waals surface area contributed by atoms with Crippen molar-refractivity contribution in [3.05, 3.63) is 11.7 Å². The number of nitrogens with zero attached hydrogens (tertiary/aromatic N) is 3. The van der Waals surface area contributed by atoms with Gasteiger partial charge in [0.05, 0.1) is 5.54 Å². The second kappa shape index (κ2) is 3.90. The zero-order chi connectivity index (χ0) is 10.9. The number of rotatable bonds is 3. The van der Waals surface area contributed by atoms with E-state index in [4.69, 9.17) is 10.3 Å². The highest BCUT2D eigenvalue weighted by Crippen LogP contribution is 2.26. The first-order chi connectivity index (χ1) is 7.14. The number of nitrogens with two attached hydrogens (primary N) is 1. The molecule has 0 bridgehead atoms. The van der Waals surface area contributed by atoms with Crippen LogP contribution < -0.4 is 5.73 Å². The lowest BCUT2D eigenvalue weighted by Crippen LogP contribution is -2.40. The Morgan fingerprint density at radius 1 is 1.60 bits per heavy atom. The third-order valence-corrected chi connectivity index (χ3v) is 2.87. The van der Waals surface area contributed by atoms with E-state index in [0.717, 1.165) is 32.4 Å². The molecule has 0 radical (unpaired) electrons. The molecule has 1 aromatic heterocycles. The van der Waals surface area contributed by atoms with Crippen molar-refractivity contribution in [2.45, 2.75) is 31.7 Å². The molecular formula is C10H18N4O. The number of hydrogen-bond donors (Lipinski definition) is 1. The molecule has 0 amide bonds. The number of likely N-dealkylation sites (N-methyl/N-ethyl adjacent to an activating group) is 1. The van der Waals surface area contributed by atoms with Crippen LogP contribution >= 0.6 is 0 Å². The summed E-state index contributed by atoms with van der Waals surface area (Å²) in [6, 6.07) is 0. The molecule has 0 spiro atoms. The van der Waals surface area contributed by atoms with Gasteiger partial charge in [0.15, 0.2) is 5.82 Å². The summed E-state index contributed by atoms with van der Waals surface area (Å²) in [6.07, 6.45) is 2.74. The van der Waals surface area contributed by atoms with Gasteiger partial charge in [-0.1, -0.05) is 12.1 Å². The van der Waals surface area contributed by atoms with Crippen molar-refractivity contribution in [1.82, 2.24) is 15.0 Å². The molecular weight excluding hydrogens is 192 g/mol. The molecule has 0 aliphatic carbocycles. The van der Waals surface area contributed by atoms with Gasteiger partial charge in [-0.25, -0.2) is 0 Å². The molecule has 2 N–H and O–H groups in total. The minimum absolute atomic E-state index is 0.412. The van der Waals surface area contributed by atoms with Crippen LogP contribution in [0.25, 0.3) is 0 Å². The summed E-state index contributed by atoms with van der Waals surface area (Å²) in [7, 11) is 2.06. The van der Waals surface area contributed by atoms with Gasteiger partial charge >= 0.3 is 0 Å². The fourth-order valence-electron chi connectivity index (χ4n) is 1.99. The van der Waals surface area contributed by atoms with Crippen LogP contribution in [-0.4, -0.2) is 35.2 Å². The summed E-state index contributed by atoms with van der Waals surface area (Å²) in [5.41, 5.74) is 5.84. The van der Waals surface area contributed by atoms with Crippen LogP contribution in [0.4, 0.5) is 0 Å². The van der Waals surface area contributed by atoms with Gasteiger partial charge < -0.3 is 15.2 Å². The van der Waals surface area contributed by atoms with Crippen molar-refractivity contribution < 1.29 is 4.52 Å². The van der Waals surface area contributed by atoms with Gasteiger partial charge in [0.1, 0.15) is 0 Å². The number of aromatic nitrogens is 2. The molecule has 2 rings (SSSR count).